The van der Waals surface area contributed by atoms with Crippen molar-refractivity contribution >= 4 is 28.6 Å². The number of amides is 1. The van der Waals surface area contributed by atoms with Crippen molar-refractivity contribution in [1.29, 1.82) is 0 Å². The molecule has 30 heavy (non-hydrogen) atoms. The standard InChI is InChI=1S/C22H24N4O3S/c1-4-28-19-11-16(12-24-26-21(27)20-15(3)25-22(23)30-20)8-9-18(19)29-13-17-7-5-6-14(2)10-17/h5-12H,4,13H2,1-3H3,(H2,23,25)(H,26,27). The van der Waals surface area contributed by atoms with Crippen molar-refractivity contribution in [3.63, 3.8) is 0 Å². The summed E-state index contributed by atoms with van der Waals surface area (Å²) in [5.74, 6) is 0.919. The molecule has 1 heterocycles. The number of nitrogens with one attached hydrogen (secondary N) is 1. The van der Waals surface area contributed by atoms with Gasteiger partial charge in [-0.25, -0.2) is 10.4 Å². The molecule has 3 N–H and O–H groups in total. The summed E-state index contributed by atoms with van der Waals surface area (Å²) in [5, 5.41) is 4.37. The van der Waals surface area contributed by atoms with Crippen LogP contribution >= 0.6 is 11.3 Å². The minimum atomic E-state index is -0.346. The molecule has 0 aliphatic heterocycles. The van der Waals surface area contributed by atoms with E-state index in [0.717, 1.165) is 22.5 Å². The van der Waals surface area contributed by atoms with E-state index in [2.05, 4.69) is 21.6 Å². The zero-order chi connectivity index (χ0) is 21.5. The van der Waals surface area contributed by atoms with Crippen LogP contribution in [0.5, 0.6) is 11.5 Å². The fourth-order valence-corrected chi connectivity index (χ4v) is 3.52. The van der Waals surface area contributed by atoms with Gasteiger partial charge in [-0.1, -0.05) is 41.2 Å². The number of carbonyl (C=O) groups is 1. The van der Waals surface area contributed by atoms with Crippen LogP contribution < -0.4 is 20.6 Å². The molecule has 0 atom stereocenters. The molecule has 8 heteroatoms. The Morgan fingerprint density at radius 2 is 2.03 bits per heavy atom. The van der Waals surface area contributed by atoms with Gasteiger partial charge in [0.1, 0.15) is 11.5 Å². The van der Waals surface area contributed by atoms with Crippen LogP contribution in [-0.4, -0.2) is 23.7 Å². The van der Waals surface area contributed by atoms with Crippen molar-refractivity contribution in [3.8, 4) is 11.5 Å². The van der Waals surface area contributed by atoms with E-state index in [-0.39, 0.29) is 5.91 Å². The molecule has 3 aromatic rings. The average molecular weight is 425 g/mol. The number of anilines is 1. The molecule has 0 saturated carbocycles. The summed E-state index contributed by atoms with van der Waals surface area (Å²) in [6.45, 7) is 6.64. The minimum Gasteiger partial charge on any atom is -0.490 e. The maximum atomic E-state index is 12.2. The van der Waals surface area contributed by atoms with Gasteiger partial charge in [-0.2, -0.15) is 5.10 Å². The summed E-state index contributed by atoms with van der Waals surface area (Å²) in [7, 11) is 0. The van der Waals surface area contributed by atoms with Crippen LogP contribution in [0.2, 0.25) is 0 Å². The SMILES string of the molecule is CCOc1cc(C=NNC(=O)c2sc(N)nc2C)ccc1OCc1cccc(C)c1. The fourth-order valence-electron chi connectivity index (χ4n) is 2.80. The smallest absolute Gasteiger partial charge is 0.283 e. The summed E-state index contributed by atoms with van der Waals surface area (Å²) in [6, 6.07) is 13.7. The van der Waals surface area contributed by atoms with Crippen LogP contribution in [0, 0.1) is 13.8 Å². The van der Waals surface area contributed by atoms with Crippen LogP contribution in [0.3, 0.4) is 0 Å². The number of thiazole rings is 1. The van der Waals surface area contributed by atoms with Crippen molar-refractivity contribution in [3.05, 3.63) is 69.7 Å². The lowest BCUT2D eigenvalue weighted by atomic mass is 10.1. The van der Waals surface area contributed by atoms with Crippen LogP contribution in [-0.2, 0) is 6.61 Å². The zero-order valence-electron chi connectivity index (χ0n) is 17.1. The highest BCUT2D eigenvalue weighted by molar-refractivity contribution is 7.17. The summed E-state index contributed by atoms with van der Waals surface area (Å²) >= 11 is 1.13. The molecule has 0 aliphatic rings. The third-order valence-corrected chi connectivity index (χ3v) is 5.13. The average Bonchev–Trinajstić information content (AvgIpc) is 3.06. The molecule has 0 bridgehead atoms. The molecule has 3 rings (SSSR count). The number of nitrogen functional groups attached to an aromatic ring is 1. The van der Waals surface area contributed by atoms with Gasteiger partial charge in [-0.05, 0) is 50.1 Å². The number of carbonyl (C=O) groups excluding carboxylic acids is 1. The molecule has 0 saturated heterocycles. The number of hydrogen-bond donors (Lipinski definition) is 2. The van der Waals surface area contributed by atoms with E-state index in [1.54, 1.807) is 13.1 Å². The summed E-state index contributed by atoms with van der Waals surface area (Å²) < 4.78 is 11.7. The molecule has 0 unspecified atom stereocenters. The molecular formula is C22H24N4O3S. The van der Waals surface area contributed by atoms with Gasteiger partial charge in [-0.3, -0.25) is 4.79 Å². The van der Waals surface area contributed by atoms with Gasteiger partial charge in [0.05, 0.1) is 18.5 Å². The van der Waals surface area contributed by atoms with Crippen LogP contribution in [0.25, 0.3) is 0 Å². The molecule has 156 valence electrons. The molecule has 7 nitrogen and oxygen atoms in total. The van der Waals surface area contributed by atoms with E-state index in [0.29, 0.717) is 40.4 Å². The number of aromatic nitrogens is 1. The number of rotatable bonds is 8. The van der Waals surface area contributed by atoms with Crippen molar-refractivity contribution in [2.75, 3.05) is 12.3 Å². The summed E-state index contributed by atoms with van der Waals surface area (Å²) in [5.41, 5.74) is 11.7. The molecule has 1 amide bonds. The Morgan fingerprint density at radius 1 is 1.20 bits per heavy atom. The summed E-state index contributed by atoms with van der Waals surface area (Å²) in [4.78, 5) is 16.7. The second-order valence-corrected chi connectivity index (χ2v) is 7.61. The van der Waals surface area contributed by atoms with E-state index < -0.39 is 0 Å². The van der Waals surface area contributed by atoms with Crippen LogP contribution in [0.1, 0.15) is 39.0 Å². The van der Waals surface area contributed by atoms with Gasteiger partial charge < -0.3 is 15.2 Å². The van der Waals surface area contributed by atoms with Crippen molar-refractivity contribution < 1.29 is 14.3 Å². The first-order valence-corrected chi connectivity index (χ1v) is 10.3. The number of ether oxygens (including phenoxy) is 2. The first-order chi connectivity index (χ1) is 14.5. The van der Waals surface area contributed by atoms with Crippen LogP contribution in [0.4, 0.5) is 5.13 Å². The fraction of sp³-hybridized carbons (Fsp3) is 0.227. The Hall–Kier alpha value is -3.39. The highest BCUT2D eigenvalue weighted by Gasteiger charge is 2.13. The number of nitrogens with two attached hydrogens (primary N) is 1. The molecule has 0 fully saturated rings. The van der Waals surface area contributed by atoms with Gasteiger partial charge in [-0.15, -0.1) is 0 Å². The van der Waals surface area contributed by atoms with Gasteiger partial charge in [0.25, 0.3) is 5.91 Å². The highest BCUT2D eigenvalue weighted by Crippen LogP contribution is 2.29. The quantitative estimate of drug-likeness (QED) is 0.419. The van der Waals surface area contributed by atoms with E-state index in [9.17, 15) is 4.79 Å². The number of benzene rings is 2. The predicted molar refractivity (Wildman–Crippen MR) is 119 cm³/mol. The second kappa shape index (κ2) is 9.89. The van der Waals surface area contributed by atoms with E-state index in [4.69, 9.17) is 15.2 Å². The van der Waals surface area contributed by atoms with Gasteiger partial charge >= 0.3 is 0 Å². The molecule has 1 aromatic heterocycles. The third kappa shape index (κ3) is 5.57. The lowest BCUT2D eigenvalue weighted by Crippen LogP contribution is -2.17. The lowest BCUT2D eigenvalue weighted by Gasteiger charge is -2.13. The molecule has 0 spiro atoms. The van der Waals surface area contributed by atoms with Crippen molar-refractivity contribution in [2.24, 2.45) is 5.10 Å². The van der Waals surface area contributed by atoms with E-state index in [1.165, 1.54) is 5.56 Å². The van der Waals surface area contributed by atoms with Gasteiger partial charge in [0, 0.05) is 0 Å². The minimum absolute atomic E-state index is 0.346. The molecular weight excluding hydrogens is 400 g/mol. The van der Waals surface area contributed by atoms with Gasteiger partial charge in [0.15, 0.2) is 16.6 Å². The van der Waals surface area contributed by atoms with Crippen molar-refractivity contribution in [1.82, 2.24) is 10.4 Å². The largest absolute Gasteiger partial charge is 0.490 e. The van der Waals surface area contributed by atoms with Gasteiger partial charge in [0.2, 0.25) is 0 Å². The Labute approximate surface area is 179 Å². The maximum Gasteiger partial charge on any atom is 0.283 e. The number of hydrazone groups is 1. The number of nitrogens with zero attached hydrogens (tertiary/aromatic N) is 2. The summed E-state index contributed by atoms with van der Waals surface area (Å²) in [6.07, 6.45) is 1.55. The molecule has 0 aliphatic carbocycles. The molecule has 2 aromatic carbocycles. The maximum absolute atomic E-state index is 12.2. The lowest BCUT2D eigenvalue weighted by molar-refractivity contribution is 0.0958. The predicted octanol–water partition coefficient (Wildman–Crippen LogP) is 4.08. The second-order valence-electron chi connectivity index (χ2n) is 6.58. The Kier molecular flexibility index (Phi) is 7.03. The first kappa shape index (κ1) is 21.3. The third-order valence-electron chi connectivity index (χ3n) is 4.14. The normalized spacial score (nSPS) is 10.9. The zero-order valence-corrected chi connectivity index (χ0v) is 18.0. The topological polar surface area (TPSA) is 98.8 Å². The van der Waals surface area contributed by atoms with E-state index >= 15 is 0 Å². The monoisotopic (exact) mass is 424 g/mol. The Bertz CT molecular complexity index is 1060. The number of hydrogen-bond acceptors (Lipinski definition) is 7. The molecule has 0 radical (unpaired) electrons. The van der Waals surface area contributed by atoms with Crippen molar-refractivity contribution in [2.45, 2.75) is 27.4 Å². The highest BCUT2D eigenvalue weighted by atomic mass is 32.1. The Morgan fingerprint density at radius 3 is 2.73 bits per heavy atom. The Balaban J connectivity index is 1.67. The number of aryl methyl sites for hydroxylation is 2. The first-order valence-electron chi connectivity index (χ1n) is 9.47. The van der Waals surface area contributed by atoms with E-state index in [1.807, 2.05) is 50.2 Å². The van der Waals surface area contributed by atoms with Crippen LogP contribution in [0.15, 0.2) is 47.6 Å².